The van der Waals surface area contributed by atoms with Gasteiger partial charge < -0.3 is 15.1 Å². The maximum atomic E-state index is 12.0. The van der Waals surface area contributed by atoms with Crippen molar-refractivity contribution in [1.82, 2.24) is 15.1 Å². The van der Waals surface area contributed by atoms with E-state index in [9.17, 15) is 9.59 Å². The molecule has 1 saturated heterocycles. The van der Waals surface area contributed by atoms with Crippen molar-refractivity contribution in [3.63, 3.8) is 0 Å². The number of nitrogens with one attached hydrogen (secondary N) is 1. The van der Waals surface area contributed by atoms with Crippen molar-refractivity contribution in [3.05, 3.63) is 0 Å². The van der Waals surface area contributed by atoms with Crippen LogP contribution in [0, 0.1) is 5.41 Å². The van der Waals surface area contributed by atoms with Gasteiger partial charge in [-0.2, -0.15) is 0 Å². The summed E-state index contributed by atoms with van der Waals surface area (Å²) in [7, 11) is 0. The standard InChI is InChI=1S/C14H27N3O2/c1-5-6-12(18)16-7-9-17(10-8-16)13(19)15-11-14(2,3)4/h5-11H2,1-4H3,(H,15,19). The van der Waals surface area contributed by atoms with Crippen LogP contribution in [-0.2, 0) is 4.79 Å². The minimum absolute atomic E-state index is 0.0162. The Hall–Kier alpha value is -1.26. The van der Waals surface area contributed by atoms with Gasteiger partial charge >= 0.3 is 6.03 Å². The minimum Gasteiger partial charge on any atom is -0.339 e. The van der Waals surface area contributed by atoms with E-state index in [0.717, 1.165) is 6.42 Å². The molecule has 3 amide bonds. The second-order valence-corrected chi connectivity index (χ2v) is 6.34. The molecule has 0 aliphatic carbocycles. The minimum atomic E-state index is -0.0162. The Morgan fingerprint density at radius 1 is 1.05 bits per heavy atom. The summed E-state index contributed by atoms with van der Waals surface area (Å²) in [4.78, 5) is 27.3. The van der Waals surface area contributed by atoms with Crippen LogP contribution >= 0.6 is 0 Å². The zero-order valence-corrected chi connectivity index (χ0v) is 12.7. The van der Waals surface area contributed by atoms with Crippen molar-refractivity contribution in [2.75, 3.05) is 32.7 Å². The average Bonchev–Trinajstić information content (AvgIpc) is 2.35. The van der Waals surface area contributed by atoms with E-state index in [1.165, 1.54) is 0 Å². The van der Waals surface area contributed by atoms with Gasteiger partial charge in [-0.15, -0.1) is 0 Å². The van der Waals surface area contributed by atoms with Crippen molar-refractivity contribution in [2.24, 2.45) is 5.41 Å². The average molecular weight is 269 g/mol. The molecule has 110 valence electrons. The molecule has 0 unspecified atom stereocenters. The first-order valence-electron chi connectivity index (χ1n) is 7.14. The third-order valence-electron chi connectivity index (χ3n) is 3.15. The van der Waals surface area contributed by atoms with Gasteiger partial charge in [0, 0.05) is 39.1 Å². The predicted molar refractivity (Wildman–Crippen MR) is 75.9 cm³/mol. The van der Waals surface area contributed by atoms with E-state index in [0.29, 0.717) is 39.1 Å². The maximum Gasteiger partial charge on any atom is 0.317 e. The Balaban J connectivity index is 2.33. The van der Waals surface area contributed by atoms with Crippen LogP contribution in [0.4, 0.5) is 4.79 Å². The summed E-state index contributed by atoms with van der Waals surface area (Å²) in [5.41, 5.74) is 0.0918. The first-order chi connectivity index (χ1) is 8.83. The SMILES string of the molecule is CCCC(=O)N1CCN(C(=O)NCC(C)(C)C)CC1. The number of amides is 3. The fourth-order valence-electron chi connectivity index (χ4n) is 1.98. The van der Waals surface area contributed by atoms with Gasteiger partial charge in [-0.1, -0.05) is 27.7 Å². The van der Waals surface area contributed by atoms with Crippen molar-refractivity contribution < 1.29 is 9.59 Å². The molecule has 0 aromatic carbocycles. The quantitative estimate of drug-likeness (QED) is 0.847. The van der Waals surface area contributed by atoms with Gasteiger partial charge in [0.2, 0.25) is 5.91 Å². The fourth-order valence-corrected chi connectivity index (χ4v) is 1.98. The van der Waals surface area contributed by atoms with Crippen molar-refractivity contribution in [1.29, 1.82) is 0 Å². The van der Waals surface area contributed by atoms with E-state index >= 15 is 0 Å². The molecule has 0 bridgehead atoms. The first kappa shape index (κ1) is 15.8. The van der Waals surface area contributed by atoms with E-state index in [1.807, 2.05) is 11.8 Å². The molecule has 1 rings (SSSR count). The summed E-state index contributed by atoms with van der Waals surface area (Å²) in [5.74, 6) is 0.206. The number of carbonyl (C=O) groups is 2. The van der Waals surface area contributed by atoms with E-state index < -0.39 is 0 Å². The van der Waals surface area contributed by atoms with Crippen LogP contribution in [0.5, 0.6) is 0 Å². The predicted octanol–water partition coefficient (Wildman–Crippen LogP) is 1.69. The Morgan fingerprint density at radius 2 is 1.58 bits per heavy atom. The maximum absolute atomic E-state index is 12.0. The van der Waals surface area contributed by atoms with Gasteiger partial charge in [0.25, 0.3) is 0 Å². The third kappa shape index (κ3) is 5.49. The molecule has 5 nitrogen and oxygen atoms in total. The molecule has 19 heavy (non-hydrogen) atoms. The normalized spacial score (nSPS) is 16.4. The lowest BCUT2D eigenvalue weighted by Crippen LogP contribution is -2.53. The molecule has 1 fully saturated rings. The smallest absolute Gasteiger partial charge is 0.317 e. The number of hydrogen-bond donors (Lipinski definition) is 1. The highest BCUT2D eigenvalue weighted by molar-refractivity contribution is 5.77. The third-order valence-corrected chi connectivity index (χ3v) is 3.15. The molecule has 1 aliphatic heterocycles. The van der Waals surface area contributed by atoms with Crippen molar-refractivity contribution in [3.8, 4) is 0 Å². The van der Waals surface area contributed by atoms with Crippen LogP contribution in [0.15, 0.2) is 0 Å². The highest BCUT2D eigenvalue weighted by Crippen LogP contribution is 2.11. The topological polar surface area (TPSA) is 52.7 Å². The molecule has 1 heterocycles. The van der Waals surface area contributed by atoms with Crippen LogP contribution in [0.2, 0.25) is 0 Å². The van der Waals surface area contributed by atoms with E-state index in [1.54, 1.807) is 4.90 Å². The zero-order chi connectivity index (χ0) is 14.5. The molecule has 0 atom stereocenters. The summed E-state index contributed by atoms with van der Waals surface area (Å²) in [6.07, 6.45) is 1.49. The van der Waals surface area contributed by atoms with Crippen LogP contribution in [0.1, 0.15) is 40.5 Å². The van der Waals surface area contributed by atoms with Crippen molar-refractivity contribution in [2.45, 2.75) is 40.5 Å². The van der Waals surface area contributed by atoms with E-state index in [4.69, 9.17) is 0 Å². The summed E-state index contributed by atoms with van der Waals surface area (Å²) in [6, 6.07) is -0.0162. The van der Waals surface area contributed by atoms with Crippen LogP contribution in [-0.4, -0.2) is 54.5 Å². The summed E-state index contributed by atoms with van der Waals surface area (Å²) in [6.45, 7) is 11.5. The zero-order valence-electron chi connectivity index (χ0n) is 12.7. The second kappa shape index (κ2) is 6.78. The Morgan fingerprint density at radius 3 is 2.05 bits per heavy atom. The lowest BCUT2D eigenvalue weighted by molar-refractivity contribution is -0.132. The first-order valence-corrected chi connectivity index (χ1v) is 7.14. The Bertz CT molecular complexity index is 315. The van der Waals surface area contributed by atoms with Crippen LogP contribution in [0.25, 0.3) is 0 Å². The summed E-state index contributed by atoms with van der Waals surface area (Å²) < 4.78 is 0. The second-order valence-electron chi connectivity index (χ2n) is 6.34. The number of nitrogens with zero attached hydrogens (tertiary/aromatic N) is 2. The molecule has 5 heteroatoms. The lowest BCUT2D eigenvalue weighted by Gasteiger charge is -2.35. The number of piperazine rings is 1. The monoisotopic (exact) mass is 269 g/mol. The number of carbonyl (C=O) groups excluding carboxylic acids is 2. The molecule has 0 spiro atoms. The van der Waals surface area contributed by atoms with Gasteiger partial charge in [-0.05, 0) is 11.8 Å². The molecule has 0 aromatic rings. The largest absolute Gasteiger partial charge is 0.339 e. The van der Waals surface area contributed by atoms with Gasteiger partial charge in [-0.25, -0.2) is 4.79 Å². The molecular weight excluding hydrogens is 242 g/mol. The van der Waals surface area contributed by atoms with E-state index in [2.05, 4.69) is 26.1 Å². The summed E-state index contributed by atoms with van der Waals surface area (Å²) in [5, 5.41) is 2.95. The molecule has 0 saturated carbocycles. The van der Waals surface area contributed by atoms with Gasteiger partial charge in [0.15, 0.2) is 0 Å². The van der Waals surface area contributed by atoms with Crippen molar-refractivity contribution >= 4 is 11.9 Å². The number of rotatable bonds is 3. The highest BCUT2D eigenvalue weighted by atomic mass is 16.2. The highest BCUT2D eigenvalue weighted by Gasteiger charge is 2.24. The molecule has 0 radical (unpaired) electrons. The van der Waals surface area contributed by atoms with Gasteiger partial charge in [0.1, 0.15) is 0 Å². The van der Waals surface area contributed by atoms with E-state index in [-0.39, 0.29) is 17.4 Å². The fraction of sp³-hybridized carbons (Fsp3) is 0.857. The van der Waals surface area contributed by atoms with Crippen LogP contribution < -0.4 is 5.32 Å². The Labute approximate surface area is 116 Å². The molecule has 1 N–H and O–H groups in total. The lowest BCUT2D eigenvalue weighted by atomic mass is 9.97. The summed E-state index contributed by atoms with van der Waals surface area (Å²) >= 11 is 0. The number of hydrogen-bond acceptors (Lipinski definition) is 2. The van der Waals surface area contributed by atoms with Crippen LogP contribution in [0.3, 0.4) is 0 Å². The molecular formula is C14H27N3O2. The Kier molecular flexibility index (Phi) is 5.63. The van der Waals surface area contributed by atoms with Gasteiger partial charge in [0.05, 0.1) is 0 Å². The number of urea groups is 1. The molecule has 1 aliphatic rings. The van der Waals surface area contributed by atoms with Gasteiger partial charge in [-0.3, -0.25) is 4.79 Å². The molecule has 0 aromatic heterocycles.